The summed E-state index contributed by atoms with van der Waals surface area (Å²) in [6.07, 6.45) is 2.28. The van der Waals surface area contributed by atoms with E-state index in [1.807, 2.05) is 25.1 Å². The average Bonchev–Trinajstić information content (AvgIpc) is 2.72. The summed E-state index contributed by atoms with van der Waals surface area (Å²) in [4.78, 5) is 27.5. The first-order chi connectivity index (χ1) is 14.5. The van der Waals surface area contributed by atoms with E-state index in [4.69, 9.17) is 15.7 Å². The lowest BCUT2D eigenvalue weighted by Crippen LogP contribution is -2.34. The maximum Gasteiger partial charge on any atom is 0.313 e. The van der Waals surface area contributed by atoms with Gasteiger partial charge in [-0.05, 0) is 43.0 Å². The minimum absolute atomic E-state index is 0.211. The lowest BCUT2D eigenvalue weighted by Gasteiger charge is -2.18. The Bertz CT molecular complexity index is 857. The molecule has 0 saturated carbocycles. The number of carboxylic acids is 1. The molecule has 160 valence electrons. The minimum atomic E-state index is -1.04. The Morgan fingerprint density at radius 2 is 2.00 bits per heavy atom. The molecule has 9 heteroatoms. The predicted molar refractivity (Wildman–Crippen MR) is 114 cm³/mol. The molecule has 2 rings (SSSR count). The van der Waals surface area contributed by atoms with E-state index in [2.05, 4.69) is 20.7 Å². The van der Waals surface area contributed by atoms with Crippen molar-refractivity contribution < 1.29 is 19.4 Å². The molecule has 1 amide bonds. The second-order valence-electron chi connectivity index (χ2n) is 6.70. The molecule has 0 aliphatic heterocycles. The second-order valence-corrected chi connectivity index (χ2v) is 6.70. The summed E-state index contributed by atoms with van der Waals surface area (Å²) in [7, 11) is 0. The highest BCUT2D eigenvalue weighted by molar-refractivity contribution is 5.94. The normalized spacial score (nSPS) is 12.1. The van der Waals surface area contributed by atoms with Gasteiger partial charge in [-0.1, -0.05) is 30.3 Å². The topological polar surface area (TPSA) is 139 Å². The number of aliphatic carboxylic acids is 1. The van der Waals surface area contributed by atoms with Crippen molar-refractivity contribution >= 4 is 23.7 Å². The van der Waals surface area contributed by atoms with E-state index in [0.29, 0.717) is 18.5 Å². The van der Waals surface area contributed by atoms with E-state index >= 15 is 0 Å². The van der Waals surface area contributed by atoms with Gasteiger partial charge in [-0.25, -0.2) is 4.98 Å². The molecule has 5 N–H and O–H groups in total. The molecule has 0 bridgehead atoms. The van der Waals surface area contributed by atoms with E-state index in [0.717, 1.165) is 17.8 Å². The number of pyridine rings is 1. The van der Waals surface area contributed by atoms with Crippen LogP contribution in [0.25, 0.3) is 0 Å². The van der Waals surface area contributed by atoms with Gasteiger partial charge in [0.25, 0.3) is 0 Å². The van der Waals surface area contributed by atoms with Crippen LogP contribution in [0.3, 0.4) is 0 Å². The van der Waals surface area contributed by atoms with Gasteiger partial charge in [0.2, 0.25) is 5.91 Å². The molecular weight excluding hydrogens is 386 g/mol. The van der Waals surface area contributed by atoms with E-state index in [-0.39, 0.29) is 24.8 Å². The first-order valence-electron chi connectivity index (χ1n) is 9.65. The largest absolute Gasteiger partial charge is 0.481 e. The highest BCUT2D eigenvalue weighted by atomic mass is 16.5. The van der Waals surface area contributed by atoms with Gasteiger partial charge >= 0.3 is 12.0 Å². The number of carbonyl (C=O) groups is 2. The molecule has 1 aromatic heterocycles. The van der Waals surface area contributed by atoms with Crippen molar-refractivity contribution in [3.63, 3.8) is 0 Å². The average molecular weight is 413 g/mol. The van der Waals surface area contributed by atoms with Crippen molar-refractivity contribution in [2.45, 2.75) is 38.7 Å². The van der Waals surface area contributed by atoms with Crippen LogP contribution in [0.1, 0.15) is 42.9 Å². The minimum Gasteiger partial charge on any atom is -0.481 e. The number of hydrogen-bond donors (Lipinski definition) is 4. The number of carboxylic acid groups (broad SMARTS) is 1. The van der Waals surface area contributed by atoms with E-state index < -0.39 is 12.1 Å². The number of unbranched alkanes of at least 4 members (excludes halogenated alkanes) is 1. The van der Waals surface area contributed by atoms with Crippen molar-refractivity contribution in [2.75, 3.05) is 11.9 Å². The third kappa shape index (κ3) is 8.17. The molecule has 0 radical (unpaired) electrons. The van der Waals surface area contributed by atoms with Crippen LogP contribution in [-0.4, -0.2) is 34.5 Å². The lowest BCUT2D eigenvalue weighted by atomic mass is 10.1. The summed E-state index contributed by atoms with van der Waals surface area (Å²) < 4.78 is 5.56. The highest BCUT2D eigenvalue weighted by Gasteiger charge is 2.20. The number of nitrogens with two attached hydrogens (primary N) is 1. The Balaban J connectivity index is 1.77. The number of anilines is 1. The predicted octanol–water partition coefficient (Wildman–Crippen LogP) is 2.55. The lowest BCUT2D eigenvalue weighted by molar-refractivity contribution is -0.139. The molecule has 1 atom stereocenters. The number of carbonyl (C=O) groups excluding carboxylic acids is 1. The molecule has 1 aromatic carbocycles. The molecule has 0 aliphatic carbocycles. The van der Waals surface area contributed by atoms with Crippen molar-refractivity contribution in [3.05, 3.63) is 59.8 Å². The molecule has 9 nitrogen and oxygen atoms in total. The molecule has 2 aromatic rings. The molecule has 0 fully saturated rings. The van der Waals surface area contributed by atoms with Crippen molar-refractivity contribution in [1.82, 2.24) is 10.3 Å². The van der Waals surface area contributed by atoms with Crippen LogP contribution in [0.2, 0.25) is 0 Å². The number of benzene rings is 1. The van der Waals surface area contributed by atoms with Crippen molar-refractivity contribution in [3.8, 4) is 0 Å². The first-order valence-corrected chi connectivity index (χ1v) is 9.65. The summed E-state index contributed by atoms with van der Waals surface area (Å²) in [6.45, 7) is 2.68. The summed E-state index contributed by atoms with van der Waals surface area (Å²) in [5, 5.41) is 18.3. The fourth-order valence-electron chi connectivity index (χ4n) is 2.72. The van der Waals surface area contributed by atoms with Crippen LogP contribution in [0, 0.1) is 6.92 Å². The van der Waals surface area contributed by atoms with Crippen LogP contribution >= 0.6 is 0 Å². The fourth-order valence-corrected chi connectivity index (χ4v) is 2.72. The number of hydrogen-bond acceptors (Lipinski definition) is 7. The molecule has 1 heterocycles. The molecule has 30 heavy (non-hydrogen) atoms. The summed E-state index contributed by atoms with van der Waals surface area (Å²) in [6, 6.07) is 12.5. The standard InChI is InChI=1S/C21H27N5O4/c1-15-10-12-24-18(13-15)23-11-6-5-9-19(27)25-21(26-22)30-17(14-20(28)29)16-7-3-2-4-8-16/h2-4,7-8,10,12-13,17H,5-6,9,11,14,22H2,1H3,(H,23,24)(H,28,29)(H,25,26,27). The zero-order valence-electron chi connectivity index (χ0n) is 16.9. The zero-order chi connectivity index (χ0) is 21.8. The third-order valence-electron chi connectivity index (χ3n) is 4.20. The summed E-state index contributed by atoms with van der Waals surface area (Å²) >= 11 is 0. The zero-order valence-corrected chi connectivity index (χ0v) is 16.9. The van der Waals surface area contributed by atoms with Gasteiger partial charge in [-0.2, -0.15) is 0 Å². The number of amidine groups is 1. The van der Waals surface area contributed by atoms with Gasteiger partial charge in [0, 0.05) is 19.2 Å². The third-order valence-corrected chi connectivity index (χ3v) is 4.20. The Kier molecular flexibility index (Phi) is 9.11. The Morgan fingerprint density at radius 3 is 2.67 bits per heavy atom. The quantitative estimate of drug-likeness (QED) is 0.154. The smallest absolute Gasteiger partial charge is 0.313 e. The maximum atomic E-state index is 12.2. The Hall–Kier alpha value is -3.62. The van der Waals surface area contributed by atoms with Crippen molar-refractivity contribution in [1.29, 1.82) is 0 Å². The van der Waals surface area contributed by atoms with Crippen LogP contribution in [0.15, 0.2) is 53.8 Å². The van der Waals surface area contributed by atoms with Gasteiger partial charge < -0.3 is 21.0 Å². The van der Waals surface area contributed by atoms with Gasteiger partial charge in [-0.15, -0.1) is 5.10 Å². The van der Waals surface area contributed by atoms with Crippen LogP contribution in [0.4, 0.5) is 5.82 Å². The molecule has 0 spiro atoms. The molecule has 0 saturated heterocycles. The highest BCUT2D eigenvalue weighted by Crippen LogP contribution is 2.21. The number of aromatic nitrogens is 1. The first kappa shape index (κ1) is 22.7. The van der Waals surface area contributed by atoms with Crippen molar-refractivity contribution in [2.24, 2.45) is 10.9 Å². The SMILES string of the molecule is Cc1ccnc(NCCCCC(=O)NC(=NN)OC(CC(=O)O)c2ccccc2)c1. The van der Waals surface area contributed by atoms with Gasteiger partial charge in [0.05, 0.1) is 6.42 Å². The second kappa shape index (κ2) is 12.1. The van der Waals surface area contributed by atoms with Crippen LogP contribution < -0.4 is 16.5 Å². The van der Waals surface area contributed by atoms with E-state index in [1.165, 1.54) is 0 Å². The Morgan fingerprint density at radius 1 is 1.23 bits per heavy atom. The number of aryl methyl sites for hydroxylation is 1. The van der Waals surface area contributed by atoms with Crippen LogP contribution in [0.5, 0.6) is 0 Å². The van der Waals surface area contributed by atoms with Gasteiger partial charge in [0.1, 0.15) is 11.9 Å². The molecule has 1 unspecified atom stereocenters. The number of amides is 1. The van der Waals surface area contributed by atoms with Crippen LogP contribution in [-0.2, 0) is 14.3 Å². The number of rotatable bonds is 10. The van der Waals surface area contributed by atoms with E-state index in [1.54, 1.807) is 30.5 Å². The Labute approximate surface area is 175 Å². The fraction of sp³-hybridized carbons (Fsp3) is 0.333. The number of nitrogens with zero attached hydrogens (tertiary/aromatic N) is 2. The van der Waals surface area contributed by atoms with E-state index in [9.17, 15) is 9.59 Å². The summed E-state index contributed by atoms with van der Waals surface area (Å²) in [5.41, 5.74) is 1.77. The molecular formula is C21H27N5O4. The maximum absolute atomic E-state index is 12.2. The van der Waals surface area contributed by atoms with Gasteiger partial charge in [-0.3, -0.25) is 14.9 Å². The molecule has 0 aliphatic rings. The number of hydrazone groups is 1. The number of nitrogens with one attached hydrogen (secondary N) is 2. The number of ether oxygens (including phenoxy) is 1. The monoisotopic (exact) mass is 413 g/mol. The summed E-state index contributed by atoms with van der Waals surface area (Å²) in [5.74, 6) is 4.77. The van der Waals surface area contributed by atoms with Gasteiger partial charge in [0.15, 0.2) is 0 Å².